The van der Waals surface area contributed by atoms with Crippen LogP contribution in [0.5, 0.6) is 0 Å². The fourth-order valence-electron chi connectivity index (χ4n) is 3.46. The quantitative estimate of drug-likeness (QED) is 0.559. The van der Waals surface area contributed by atoms with E-state index in [4.69, 9.17) is 39.5 Å². The average molecular weight is 456 g/mol. The van der Waals surface area contributed by atoms with Crippen molar-refractivity contribution in [1.82, 2.24) is 4.90 Å². The van der Waals surface area contributed by atoms with Crippen molar-refractivity contribution in [2.75, 3.05) is 37.7 Å². The van der Waals surface area contributed by atoms with E-state index < -0.39 is 0 Å². The van der Waals surface area contributed by atoms with Gasteiger partial charge in [0.2, 0.25) is 5.91 Å². The second-order valence-corrected chi connectivity index (χ2v) is 8.89. The summed E-state index contributed by atoms with van der Waals surface area (Å²) in [5, 5.41) is 1.87. The van der Waals surface area contributed by atoms with Gasteiger partial charge in [-0.3, -0.25) is 4.79 Å². The molecule has 1 saturated heterocycles. The Balaban J connectivity index is 1.82. The molecule has 0 radical (unpaired) electrons. The van der Waals surface area contributed by atoms with Gasteiger partial charge in [-0.05, 0) is 41.8 Å². The highest BCUT2D eigenvalue weighted by Crippen LogP contribution is 2.36. The van der Waals surface area contributed by atoms with E-state index in [1.165, 1.54) is 0 Å². The predicted molar refractivity (Wildman–Crippen MR) is 120 cm³/mol. The Labute approximate surface area is 187 Å². The molecule has 0 bridgehead atoms. The minimum Gasteiger partial charge on any atom is -0.371 e. The summed E-state index contributed by atoms with van der Waals surface area (Å²) in [4.78, 5) is 16.8. The van der Waals surface area contributed by atoms with Gasteiger partial charge in [-0.25, -0.2) is 0 Å². The van der Waals surface area contributed by atoms with E-state index in [0.29, 0.717) is 47.2 Å². The van der Waals surface area contributed by atoms with Crippen LogP contribution in [-0.2, 0) is 9.53 Å². The summed E-state index contributed by atoms with van der Waals surface area (Å²) in [7, 11) is 0. The van der Waals surface area contributed by atoms with Crippen molar-refractivity contribution in [2.45, 2.75) is 19.9 Å². The Hall–Kier alpha value is -1.46. The number of nitrogens with zero attached hydrogens (tertiary/aromatic N) is 2. The zero-order valence-electron chi connectivity index (χ0n) is 16.6. The van der Waals surface area contributed by atoms with E-state index in [-0.39, 0.29) is 18.6 Å². The van der Waals surface area contributed by atoms with Crippen molar-refractivity contribution in [3.8, 4) is 0 Å². The number of halogens is 3. The Morgan fingerprint density at radius 1 is 1.07 bits per heavy atom. The smallest absolute Gasteiger partial charge is 0.248 e. The molecule has 0 N–H and O–H groups in total. The average Bonchev–Trinajstić information content (AvgIpc) is 2.68. The highest BCUT2D eigenvalue weighted by molar-refractivity contribution is 6.36. The topological polar surface area (TPSA) is 32.8 Å². The third-order valence-corrected chi connectivity index (χ3v) is 5.67. The van der Waals surface area contributed by atoms with Crippen molar-refractivity contribution >= 4 is 46.4 Å². The van der Waals surface area contributed by atoms with Crippen LogP contribution in [-0.4, -0.2) is 43.7 Å². The molecule has 1 fully saturated rings. The molecule has 1 aliphatic heterocycles. The number of anilines is 1. The van der Waals surface area contributed by atoms with Crippen molar-refractivity contribution in [1.29, 1.82) is 0 Å². The Bertz CT molecular complexity index is 842. The zero-order chi connectivity index (χ0) is 21.0. The molecule has 7 heteroatoms. The summed E-state index contributed by atoms with van der Waals surface area (Å²) in [6, 6.07) is 13.2. The molecule has 156 valence electrons. The molecule has 0 saturated carbocycles. The van der Waals surface area contributed by atoms with Gasteiger partial charge in [-0.15, -0.1) is 0 Å². The number of hydrogen-bond acceptors (Lipinski definition) is 3. The molecule has 0 spiro atoms. The number of hydrogen-bond donors (Lipinski definition) is 0. The standard InChI is InChI=1S/C22H25Cl3N2O2/c1-15(2)13-29-14-22(28)26-9-10-27(20-8-7-18(24)11-19(20)25)21(12-26)16-3-5-17(23)6-4-16/h3-8,11,15,21H,9-10,12-14H2,1-2H3/t21-/m0/s1. The summed E-state index contributed by atoms with van der Waals surface area (Å²) in [6.07, 6.45) is 0. The molecule has 0 aliphatic carbocycles. The number of carbonyl (C=O) groups is 1. The zero-order valence-corrected chi connectivity index (χ0v) is 18.8. The van der Waals surface area contributed by atoms with E-state index in [2.05, 4.69) is 18.7 Å². The fraction of sp³-hybridized carbons (Fsp3) is 0.409. The fourth-order valence-corrected chi connectivity index (χ4v) is 4.10. The van der Waals surface area contributed by atoms with Gasteiger partial charge >= 0.3 is 0 Å². The maximum Gasteiger partial charge on any atom is 0.248 e. The summed E-state index contributed by atoms with van der Waals surface area (Å²) in [5.41, 5.74) is 1.97. The van der Waals surface area contributed by atoms with Crippen LogP contribution in [0.15, 0.2) is 42.5 Å². The normalized spacial score (nSPS) is 17.1. The summed E-state index contributed by atoms with van der Waals surface area (Å²) < 4.78 is 5.55. The monoisotopic (exact) mass is 454 g/mol. The maximum absolute atomic E-state index is 12.7. The van der Waals surface area contributed by atoms with Crippen LogP contribution in [0.3, 0.4) is 0 Å². The van der Waals surface area contributed by atoms with Crippen LogP contribution in [0.1, 0.15) is 25.5 Å². The lowest BCUT2D eigenvalue weighted by Crippen LogP contribution is -2.51. The molecule has 3 rings (SSSR count). The van der Waals surface area contributed by atoms with Crippen molar-refractivity contribution in [3.63, 3.8) is 0 Å². The second-order valence-electron chi connectivity index (χ2n) is 7.61. The minimum absolute atomic E-state index is 0.00599. The molecular formula is C22H25Cl3N2O2. The molecule has 4 nitrogen and oxygen atoms in total. The molecule has 1 amide bonds. The molecule has 0 unspecified atom stereocenters. The summed E-state index contributed by atoms with van der Waals surface area (Å²) in [5.74, 6) is 0.403. The number of amides is 1. The van der Waals surface area contributed by atoms with Gasteiger partial charge < -0.3 is 14.5 Å². The number of carbonyl (C=O) groups excluding carboxylic acids is 1. The van der Waals surface area contributed by atoms with Crippen LogP contribution in [0.25, 0.3) is 0 Å². The van der Waals surface area contributed by atoms with Gasteiger partial charge in [-0.2, -0.15) is 0 Å². The Morgan fingerprint density at radius 3 is 2.41 bits per heavy atom. The first-order valence-corrected chi connectivity index (χ1v) is 10.8. The highest BCUT2D eigenvalue weighted by Gasteiger charge is 2.31. The second kappa shape index (κ2) is 10.0. The number of piperazine rings is 1. The first-order chi connectivity index (χ1) is 13.8. The van der Waals surface area contributed by atoms with E-state index in [9.17, 15) is 4.79 Å². The number of ether oxygens (including phenoxy) is 1. The number of rotatable bonds is 6. The third kappa shape index (κ3) is 5.79. The van der Waals surface area contributed by atoms with Crippen molar-refractivity contribution in [3.05, 3.63) is 63.1 Å². The lowest BCUT2D eigenvalue weighted by molar-refractivity contribution is -0.137. The van der Waals surface area contributed by atoms with Crippen molar-refractivity contribution < 1.29 is 9.53 Å². The molecule has 29 heavy (non-hydrogen) atoms. The van der Waals surface area contributed by atoms with E-state index >= 15 is 0 Å². The van der Waals surface area contributed by atoms with Crippen LogP contribution < -0.4 is 4.90 Å². The number of benzene rings is 2. The minimum atomic E-state index is -0.0475. The summed E-state index contributed by atoms with van der Waals surface area (Å²) in [6.45, 7) is 6.62. The first-order valence-electron chi connectivity index (χ1n) is 9.68. The first kappa shape index (κ1) is 22.2. The van der Waals surface area contributed by atoms with Gasteiger partial charge in [-0.1, -0.05) is 60.8 Å². The van der Waals surface area contributed by atoms with Gasteiger partial charge in [0, 0.05) is 36.3 Å². The van der Waals surface area contributed by atoms with Gasteiger partial charge in [0.25, 0.3) is 0 Å². The lowest BCUT2D eigenvalue weighted by Gasteiger charge is -2.43. The maximum atomic E-state index is 12.7. The molecule has 0 aromatic heterocycles. The lowest BCUT2D eigenvalue weighted by atomic mass is 10.0. The van der Waals surface area contributed by atoms with Crippen molar-refractivity contribution in [2.24, 2.45) is 5.92 Å². The molecule has 2 aromatic rings. The van der Waals surface area contributed by atoms with Gasteiger partial charge in [0.05, 0.1) is 16.8 Å². The van der Waals surface area contributed by atoms with E-state index in [1.54, 1.807) is 6.07 Å². The van der Waals surface area contributed by atoms with Crippen LogP contribution in [0.4, 0.5) is 5.69 Å². The summed E-state index contributed by atoms with van der Waals surface area (Å²) >= 11 is 18.6. The SMILES string of the molecule is CC(C)COCC(=O)N1CCN(c2ccc(Cl)cc2Cl)[C@H](c2ccc(Cl)cc2)C1. The van der Waals surface area contributed by atoms with Gasteiger partial charge in [0.1, 0.15) is 6.61 Å². The molecule has 1 aliphatic rings. The van der Waals surface area contributed by atoms with E-state index in [0.717, 1.165) is 11.3 Å². The largest absolute Gasteiger partial charge is 0.371 e. The van der Waals surface area contributed by atoms with Gasteiger partial charge in [0.15, 0.2) is 0 Å². The third-order valence-electron chi connectivity index (χ3n) is 4.88. The predicted octanol–water partition coefficient (Wildman–Crippen LogP) is 5.71. The van der Waals surface area contributed by atoms with Crippen LogP contribution in [0, 0.1) is 5.92 Å². The highest BCUT2D eigenvalue weighted by atomic mass is 35.5. The van der Waals surface area contributed by atoms with E-state index in [1.807, 2.05) is 41.3 Å². The molecule has 1 atom stereocenters. The van der Waals surface area contributed by atoms with Crippen LogP contribution in [0.2, 0.25) is 15.1 Å². The molecule has 2 aromatic carbocycles. The Kier molecular flexibility index (Phi) is 7.69. The van der Waals surface area contributed by atoms with Crippen LogP contribution >= 0.6 is 34.8 Å². The molecule has 1 heterocycles. The Morgan fingerprint density at radius 2 is 1.76 bits per heavy atom. The molecular weight excluding hydrogens is 431 g/mol.